The van der Waals surface area contributed by atoms with Crippen LogP contribution < -0.4 is 22.5 Å². The second-order valence-electron chi connectivity index (χ2n) is 2.51. The first-order chi connectivity index (χ1) is 6.18. The summed E-state index contributed by atoms with van der Waals surface area (Å²) in [7, 11) is 0. The van der Waals surface area contributed by atoms with Crippen LogP contribution in [0.15, 0.2) is 12.2 Å². The highest BCUT2D eigenvalue weighted by molar-refractivity contribution is 5.77. The van der Waals surface area contributed by atoms with E-state index in [4.69, 9.17) is 5.11 Å². The average molecular weight is 222 g/mol. The summed E-state index contributed by atoms with van der Waals surface area (Å²) in [6, 6.07) is 0. The average Bonchev–Trinajstić information content (AvgIpc) is 2.05. The Labute approximate surface area is 92.4 Å². The Kier molecular flexibility index (Phi) is 36.6. The number of hydrogen-bond donors (Lipinski definition) is 2. The van der Waals surface area contributed by atoms with E-state index in [1.165, 1.54) is 6.42 Å². The summed E-state index contributed by atoms with van der Waals surface area (Å²) >= 11 is 0. The number of carboxylic acids is 1. The minimum absolute atomic E-state index is 0. The number of aliphatic carboxylic acids is 1. The van der Waals surface area contributed by atoms with E-state index in [-0.39, 0.29) is 18.9 Å². The highest BCUT2D eigenvalue weighted by Crippen LogP contribution is 1.98. The van der Waals surface area contributed by atoms with E-state index >= 15 is 0 Å². The van der Waals surface area contributed by atoms with Gasteiger partial charge in [0.25, 0.3) is 0 Å². The molecule has 0 atom stereocenters. The zero-order valence-corrected chi connectivity index (χ0v) is 10.4. The summed E-state index contributed by atoms with van der Waals surface area (Å²) in [5.41, 5.74) is 0. The lowest BCUT2D eigenvalue weighted by Gasteiger charge is -1.92. The molecule has 0 amide bonds. The van der Waals surface area contributed by atoms with Crippen molar-refractivity contribution < 1.29 is 15.0 Å². The lowest BCUT2D eigenvalue weighted by Crippen LogP contribution is -2.18. The first-order valence-electron chi connectivity index (χ1n) is 4.64. The molecule has 0 unspecified atom stereocenters. The van der Waals surface area contributed by atoms with Gasteiger partial charge in [-0.15, -0.1) is 6.61 Å². The monoisotopic (exact) mass is 222 g/mol. The van der Waals surface area contributed by atoms with Gasteiger partial charge in [0.1, 0.15) is 0 Å². The minimum Gasteiger partial charge on any atom is -0.855 e. The molecule has 0 aliphatic heterocycles. The Morgan fingerprint density at radius 2 is 1.67 bits per heavy atom. The van der Waals surface area contributed by atoms with Crippen LogP contribution in [0.5, 0.6) is 0 Å². The largest absolute Gasteiger partial charge is 0.855 e. The summed E-state index contributed by atoms with van der Waals surface area (Å²) in [6.45, 7) is 3.68. The van der Waals surface area contributed by atoms with Gasteiger partial charge in [-0.25, -0.2) is 0 Å². The molecule has 0 radical (unpaired) electrons. The van der Waals surface area contributed by atoms with E-state index in [2.05, 4.69) is 6.92 Å². The Balaban J connectivity index is -0.000000108. The zero-order chi connectivity index (χ0) is 10.5. The third kappa shape index (κ3) is 43.4. The molecule has 5 heteroatoms. The van der Waals surface area contributed by atoms with Gasteiger partial charge in [-0.3, -0.25) is 0 Å². The third-order valence-corrected chi connectivity index (χ3v) is 1.23. The number of carbonyl (C=O) groups excluding carboxylic acids is 1. The van der Waals surface area contributed by atoms with E-state index in [0.29, 0.717) is 0 Å². The molecule has 0 saturated carbocycles. The molecule has 0 aliphatic carbocycles. The van der Waals surface area contributed by atoms with Crippen molar-refractivity contribution in [3.63, 3.8) is 0 Å². The minimum atomic E-state index is -1.10. The Morgan fingerprint density at radius 1 is 1.20 bits per heavy atom. The maximum Gasteiger partial charge on any atom is 0.0639 e. The molecule has 0 bridgehead atoms. The van der Waals surface area contributed by atoms with Crippen molar-refractivity contribution in [3.05, 3.63) is 12.2 Å². The lowest BCUT2D eigenvalue weighted by atomic mass is 10.2. The van der Waals surface area contributed by atoms with E-state index in [1.54, 1.807) is 13.0 Å². The molecule has 0 aromatic heterocycles. The molecule has 0 aliphatic rings. The number of carboxylic acid groups (broad SMARTS) is 1. The van der Waals surface area contributed by atoms with Crippen LogP contribution >= 0.6 is 0 Å². The number of rotatable bonds is 5. The van der Waals surface area contributed by atoms with Gasteiger partial charge in [-0.2, -0.15) is 0 Å². The molecule has 15 heavy (non-hydrogen) atoms. The molecular weight excluding hydrogens is 196 g/mol. The molecule has 5 nitrogen and oxygen atoms in total. The van der Waals surface area contributed by atoms with Gasteiger partial charge in [-0.05, 0) is 18.9 Å². The standard InChI is InChI=1S/C8H14O2.C2H5O.2H3N/c1-2-3-4-5-6-7-8(9)10;1-2-3;;/h6-7H,2-5H2,1H3,(H,9,10);2H2,1H3;2*1H3/q;-1;;/p+1. The van der Waals surface area contributed by atoms with Crippen LogP contribution in [0.25, 0.3) is 0 Å². The maximum absolute atomic E-state index is 9.83. The van der Waals surface area contributed by atoms with Gasteiger partial charge in [0, 0.05) is 0 Å². The summed E-state index contributed by atoms with van der Waals surface area (Å²) in [6.07, 6.45) is 6.99. The Morgan fingerprint density at radius 3 is 2.00 bits per heavy atom. The number of hydrogen-bond acceptors (Lipinski definition) is 3. The smallest absolute Gasteiger partial charge is 0.0639 e. The third-order valence-electron chi connectivity index (χ3n) is 1.23. The van der Waals surface area contributed by atoms with Crippen LogP contribution in [0, 0.1) is 0 Å². The van der Waals surface area contributed by atoms with E-state index in [1.807, 2.05) is 0 Å². The van der Waals surface area contributed by atoms with Crippen molar-refractivity contribution in [2.45, 2.75) is 39.5 Å². The number of unbranched alkanes of at least 4 members (excludes halogenated alkanes) is 3. The topological polar surface area (TPSA) is 136 Å². The fourth-order valence-electron chi connectivity index (χ4n) is 0.692. The highest BCUT2D eigenvalue weighted by atomic mass is 16.4. The summed E-state index contributed by atoms with van der Waals surface area (Å²) in [4.78, 5) is 9.83. The van der Waals surface area contributed by atoms with E-state index < -0.39 is 5.97 Å². The van der Waals surface area contributed by atoms with Crippen molar-refractivity contribution in [1.29, 1.82) is 0 Å². The van der Waals surface area contributed by atoms with Crippen molar-refractivity contribution in [1.82, 2.24) is 12.3 Å². The molecule has 0 aromatic rings. The van der Waals surface area contributed by atoms with E-state index in [9.17, 15) is 9.90 Å². The molecular formula is C10H26N2O3. The molecule has 0 saturated heterocycles. The van der Waals surface area contributed by atoms with Gasteiger partial charge in [0.05, 0.1) is 5.97 Å². The normalized spacial score (nSPS) is 8.20. The second-order valence-corrected chi connectivity index (χ2v) is 2.51. The van der Waals surface area contributed by atoms with E-state index in [0.717, 1.165) is 25.3 Å². The predicted octanol–water partition coefficient (Wildman–Crippen LogP) is 0.992. The number of carbonyl (C=O) groups is 1. The van der Waals surface area contributed by atoms with Crippen molar-refractivity contribution in [2.75, 3.05) is 6.61 Å². The Bertz CT molecular complexity index is 139. The SMILES string of the molecule is CCCCCC=CC(=O)[O-].CC[O-].[NH4+].[NH4+]. The molecule has 94 valence electrons. The quantitative estimate of drug-likeness (QED) is 0.530. The van der Waals surface area contributed by atoms with Crippen LogP contribution in [0.3, 0.4) is 0 Å². The predicted molar refractivity (Wildman–Crippen MR) is 60.8 cm³/mol. The van der Waals surface area contributed by atoms with Gasteiger partial charge < -0.3 is 27.3 Å². The maximum atomic E-state index is 9.83. The Hall–Kier alpha value is -0.910. The van der Waals surface area contributed by atoms with Crippen LogP contribution in [0.1, 0.15) is 39.5 Å². The number of quaternary nitrogens is 2. The summed E-state index contributed by atoms with van der Waals surface area (Å²) in [5.74, 6) is -1.10. The molecule has 8 N–H and O–H groups in total. The van der Waals surface area contributed by atoms with Crippen molar-refractivity contribution >= 4 is 5.97 Å². The van der Waals surface area contributed by atoms with Crippen LogP contribution in [0.2, 0.25) is 0 Å². The summed E-state index contributed by atoms with van der Waals surface area (Å²) < 4.78 is 0. The summed E-state index contributed by atoms with van der Waals surface area (Å²) in [5, 5.41) is 18.8. The van der Waals surface area contributed by atoms with Gasteiger partial charge >= 0.3 is 0 Å². The fourth-order valence-corrected chi connectivity index (χ4v) is 0.692. The number of allylic oxidation sites excluding steroid dienone is 1. The van der Waals surface area contributed by atoms with Crippen LogP contribution in [-0.2, 0) is 4.79 Å². The second kappa shape index (κ2) is 23.2. The van der Waals surface area contributed by atoms with Crippen molar-refractivity contribution in [3.8, 4) is 0 Å². The van der Waals surface area contributed by atoms with Gasteiger partial charge in [-0.1, -0.05) is 32.8 Å². The first-order valence-corrected chi connectivity index (χ1v) is 4.64. The van der Waals surface area contributed by atoms with Gasteiger partial charge in [0.15, 0.2) is 0 Å². The fraction of sp³-hybridized carbons (Fsp3) is 0.700. The zero-order valence-electron chi connectivity index (χ0n) is 10.4. The molecule has 0 spiro atoms. The van der Waals surface area contributed by atoms with Gasteiger partial charge in [0.2, 0.25) is 0 Å². The molecule has 0 fully saturated rings. The van der Waals surface area contributed by atoms with Crippen LogP contribution in [-0.4, -0.2) is 12.6 Å². The first kappa shape index (κ1) is 23.7. The highest BCUT2D eigenvalue weighted by Gasteiger charge is 1.80. The van der Waals surface area contributed by atoms with Crippen LogP contribution in [0.4, 0.5) is 0 Å². The molecule has 0 heterocycles. The van der Waals surface area contributed by atoms with Crippen molar-refractivity contribution in [2.24, 2.45) is 0 Å². The molecule has 0 rings (SSSR count). The lowest BCUT2D eigenvalue weighted by molar-refractivity contribution is -0.361. The molecule has 0 aromatic carbocycles.